The second-order valence-electron chi connectivity index (χ2n) is 6.07. The van der Waals surface area contributed by atoms with Crippen molar-refractivity contribution >= 4 is 11.6 Å². The first-order chi connectivity index (χ1) is 11.1. The molecule has 1 atom stereocenters. The van der Waals surface area contributed by atoms with Gasteiger partial charge in [0.2, 0.25) is 5.88 Å². The number of aromatic nitrogens is 2. The van der Waals surface area contributed by atoms with Crippen molar-refractivity contribution in [2.75, 3.05) is 18.1 Å². The summed E-state index contributed by atoms with van der Waals surface area (Å²) in [6.45, 7) is 4.88. The third-order valence-corrected chi connectivity index (χ3v) is 4.46. The number of fused-ring (bicyclic) bond motifs is 2. The highest BCUT2D eigenvalue weighted by Crippen LogP contribution is 2.37. The quantitative estimate of drug-likeness (QED) is 0.805. The number of para-hydroxylation sites is 1. The van der Waals surface area contributed by atoms with Gasteiger partial charge in [0, 0.05) is 13.5 Å². The van der Waals surface area contributed by atoms with E-state index in [1.807, 2.05) is 39.1 Å². The summed E-state index contributed by atoms with van der Waals surface area (Å²) >= 11 is 0. The summed E-state index contributed by atoms with van der Waals surface area (Å²) in [4.78, 5) is 14.8. The highest BCUT2D eigenvalue weighted by molar-refractivity contribution is 5.99. The van der Waals surface area contributed by atoms with Gasteiger partial charge in [0.25, 0.3) is 5.91 Å². The molecule has 23 heavy (non-hydrogen) atoms. The number of amides is 1. The van der Waals surface area contributed by atoms with Gasteiger partial charge in [-0.2, -0.15) is 5.10 Å². The molecule has 3 heterocycles. The Morgan fingerprint density at radius 3 is 2.96 bits per heavy atom. The van der Waals surface area contributed by atoms with Crippen LogP contribution in [0, 0.1) is 13.8 Å². The average Bonchev–Trinajstić information content (AvgIpc) is 3.10. The minimum atomic E-state index is -0.475. The van der Waals surface area contributed by atoms with Crippen LogP contribution >= 0.6 is 0 Å². The fourth-order valence-corrected chi connectivity index (χ4v) is 3.40. The fourth-order valence-electron chi connectivity index (χ4n) is 3.40. The van der Waals surface area contributed by atoms with Crippen molar-refractivity contribution in [1.29, 1.82) is 0 Å². The van der Waals surface area contributed by atoms with Crippen molar-refractivity contribution in [3.05, 3.63) is 35.0 Å². The minimum absolute atomic E-state index is 0.0266. The van der Waals surface area contributed by atoms with Crippen LogP contribution in [0.5, 0.6) is 11.6 Å². The van der Waals surface area contributed by atoms with Crippen molar-refractivity contribution in [2.24, 2.45) is 7.05 Å². The van der Waals surface area contributed by atoms with Crippen LogP contribution in [0.15, 0.2) is 18.2 Å². The van der Waals surface area contributed by atoms with Crippen LogP contribution in [-0.4, -0.2) is 34.9 Å². The molecule has 4 rings (SSSR count). The van der Waals surface area contributed by atoms with Crippen molar-refractivity contribution in [1.82, 2.24) is 9.78 Å². The summed E-state index contributed by atoms with van der Waals surface area (Å²) in [6.07, 6.45) is 0.138. The lowest BCUT2D eigenvalue weighted by Crippen LogP contribution is -2.45. The molecule has 0 N–H and O–H groups in total. The Balaban J connectivity index is 1.64. The van der Waals surface area contributed by atoms with Gasteiger partial charge in [-0.1, -0.05) is 18.2 Å². The lowest BCUT2D eigenvalue weighted by atomic mass is 10.1. The number of hydrogen-bond donors (Lipinski definition) is 0. The monoisotopic (exact) mass is 313 g/mol. The van der Waals surface area contributed by atoms with Crippen LogP contribution in [0.25, 0.3) is 0 Å². The maximum absolute atomic E-state index is 13.0. The van der Waals surface area contributed by atoms with E-state index in [4.69, 9.17) is 9.47 Å². The van der Waals surface area contributed by atoms with Crippen LogP contribution < -0.4 is 14.4 Å². The first-order valence-electron chi connectivity index (χ1n) is 7.79. The maximum Gasteiger partial charge on any atom is 0.268 e. The Labute approximate surface area is 134 Å². The third kappa shape index (κ3) is 2.09. The standard InChI is InChI=1S/C17H19N3O3/c1-10-5-4-6-12-9-13(23-15(10)12)16(21)20-7-8-22-17-14(20)11(2)18-19(17)3/h4-6,13H,7-9H2,1-3H3/t13-/m0/s1. The van der Waals surface area contributed by atoms with E-state index in [0.29, 0.717) is 25.5 Å². The van der Waals surface area contributed by atoms with Crippen LogP contribution in [0.1, 0.15) is 16.8 Å². The van der Waals surface area contributed by atoms with Gasteiger partial charge in [-0.25, -0.2) is 4.68 Å². The lowest BCUT2D eigenvalue weighted by molar-refractivity contribution is -0.124. The Bertz CT molecular complexity index is 797. The molecule has 2 aliphatic rings. The molecule has 2 aromatic rings. The van der Waals surface area contributed by atoms with E-state index in [1.165, 1.54) is 0 Å². The van der Waals surface area contributed by atoms with Crippen LogP contribution in [0.3, 0.4) is 0 Å². The molecule has 0 aliphatic carbocycles. The number of anilines is 1. The first-order valence-corrected chi connectivity index (χ1v) is 7.79. The van der Waals surface area contributed by atoms with E-state index in [2.05, 4.69) is 5.10 Å². The van der Waals surface area contributed by atoms with Gasteiger partial charge in [-0.05, 0) is 25.0 Å². The zero-order valence-corrected chi connectivity index (χ0v) is 13.5. The summed E-state index contributed by atoms with van der Waals surface area (Å²) in [5.41, 5.74) is 3.72. The fraction of sp³-hybridized carbons (Fsp3) is 0.412. The van der Waals surface area contributed by atoms with Crippen molar-refractivity contribution < 1.29 is 14.3 Å². The molecule has 2 aliphatic heterocycles. The molecule has 6 heteroatoms. The minimum Gasteiger partial charge on any atom is -0.480 e. The number of aryl methyl sites for hydroxylation is 3. The normalized spacial score (nSPS) is 18.9. The molecule has 1 aromatic heterocycles. The van der Waals surface area contributed by atoms with Gasteiger partial charge < -0.3 is 9.47 Å². The summed E-state index contributed by atoms with van der Waals surface area (Å²) in [5.74, 6) is 1.47. The Hall–Kier alpha value is -2.50. The number of benzene rings is 1. The smallest absolute Gasteiger partial charge is 0.268 e. The molecule has 1 amide bonds. The molecule has 0 unspecified atom stereocenters. The van der Waals surface area contributed by atoms with Crippen LogP contribution in [0.2, 0.25) is 0 Å². The van der Waals surface area contributed by atoms with Gasteiger partial charge in [0.15, 0.2) is 6.10 Å². The predicted octanol–water partition coefficient (Wildman–Crippen LogP) is 1.77. The van der Waals surface area contributed by atoms with Gasteiger partial charge in [0.05, 0.1) is 12.2 Å². The summed E-state index contributed by atoms with van der Waals surface area (Å²) in [7, 11) is 1.82. The molecular weight excluding hydrogens is 294 g/mol. The Morgan fingerprint density at radius 2 is 2.17 bits per heavy atom. The SMILES string of the molecule is Cc1cccc2c1O[C@H](C(=O)N1CCOc3c1c(C)nn3C)C2. The molecule has 1 aromatic carbocycles. The molecule has 120 valence electrons. The highest BCUT2D eigenvalue weighted by Gasteiger charge is 2.37. The number of hydrogen-bond acceptors (Lipinski definition) is 4. The largest absolute Gasteiger partial charge is 0.480 e. The highest BCUT2D eigenvalue weighted by atomic mass is 16.5. The van der Waals surface area contributed by atoms with Gasteiger partial charge >= 0.3 is 0 Å². The summed E-state index contributed by atoms with van der Waals surface area (Å²) in [6, 6.07) is 6.03. The van der Waals surface area contributed by atoms with Gasteiger partial charge in [-0.15, -0.1) is 0 Å². The number of carbonyl (C=O) groups is 1. The van der Waals surface area contributed by atoms with Crippen molar-refractivity contribution in [3.63, 3.8) is 0 Å². The van der Waals surface area contributed by atoms with Gasteiger partial charge in [0.1, 0.15) is 18.0 Å². The number of ether oxygens (including phenoxy) is 2. The third-order valence-electron chi connectivity index (χ3n) is 4.46. The van der Waals surface area contributed by atoms with Crippen molar-refractivity contribution in [3.8, 4) is 11.6 Å². The second kappa shape index (κ2) is 5.01. The van der Waals surface area contributed by atoms with Crippen molar-refractivity contribution in [2.45, 2.75) is 26.4 Å². The number of carbonyl (C=O) groups excluding carboxylic acids is 1. The van der Waals surface area contributed by atoms with E-state index in [0.717, 1.165) is 28.3 Å². The molecule has 0 saturated carbocycles. The Kier molecular flexibility index (Phi) is 3.07. The zero-order chi connectivity index (χ0) is 16.1. The molecule has 0 radical (unpaired) electrons. The molecule has 0 spiro atoms. The van der Waals surface area contributed by atoms with Gasteiger partial charge in [-0.3, -0.25) is 9.69 Å². The zero-order valence-electron chi connectivity index (χ0n) is 13.5. The number of nitrogens with zero attached hydrogens (tertiary/aromatic N) is 3. The Morgan fingerprint density at radius 1 is 1.35 bits per heavy atom. The maximum atomic E-state index is 13.0. The molecule has 6 nitrogen and oxygen atoms in total. The van der Waals surface area contributed by atoms with E-state index in [9.17, 15) is 4.79 Å². The van der Waals surface area contributed by atoms with E-state index in [-0.39, 0.29) is 5.91 Å². The molecule has 0 saturated heterocycles. The van der Waals surface area contributed by atoms with E-state index < -0.39 is 6.10 Å². The predicted molar refractivity (Wildman–Crippen MR) is 85.1 cm³/mol. The topological polar surface area (TPSA) is 56.6 Å². The lowest BCUT2D eigenvalue weighted by Gasteiger charge is -2.29. The average molecular weight is 313 g/mol. The summed E-state index contributed by atoms with van der Waals surface area (Å²) < 4.78 is 13.3. The van der Waals surface area contributed by atoms with Crippen LogP contribution in [0.4, 0.5) is 5.69 Å². The van der Waals surface area contributed by atoms with Crippen LogP contribution in [-0.2, 0) is 18.3 Å². The molecular formula is C17H19N3O3. The van der Waals surface area contributed by atoms with E-state index >= 15 is 0 Å². The summed E-state index contributed by atoms with van der Waals surface area (Å²) in [5, 5.41) is 4.36. The first kappa shape index (κ1) is 14.1. The van der Waals surface area contributed by atoms with E-state index in [1.54, 1.807) is 9.58 Å². The molecule has 0 bridgehead atoms. The number of rotatable bonds is 1. The second-order valence-corrected chi connectivity index (χ2v) is 6.07. The molecule has 0 fully saturated rings.